The van der Waals surface area contributed by atoms with E-state index >= 15 is 0 Å². The molecule has 1 aliphatic heterocycles. The van der Waals surface area contributed by atoms with Gasteiger partial charge in [0.15, 0.2) is 0 Å². The van der Waals surface area contributed by atoms with Gasteiger partial charge < -0.3 is 4.90 Å². The molecule has 0 spiro atoms. The van der Waals surface area contributed by atoms with Crippen LogP contribution in [-0.2, 0) is 27.9 Å². The minimum Gasteiger partial charge on any atom is -0.339 e. The molecule has 1 aliphatic rings. The van der Waals surface area contributed by atoms with Crippen LogP contribution in [0.2, 0.25) is 10.0 Å². The average Bonchev–Trinajstić information content (AvgIpc) is 2.86. The lowest BCUT2D eigenvalue weighted by Gasteiger charge is -2.35. The van der Waals surface area contributed by atoms with Crippen LogP contribution in [0.15, 0.2) is 82.2 Å². The Labute approximate surface area is 230 Å². The van der Waals surface area contributed by atoms with E-state index in [-0.39, 0.29) is 23.9 Å². The molecule has 3 aromatic carbocycles. The number of carbonyl (C=O) groups excluding carboxylic acids is 1. The molecule has 1 amide bonds. The van der Waals surface area contributed by atoms with Crippen LogP contribution >= 0.6 is 39.1 Å². The molecule has 10 heteroatoms. The Kier molecular flexibility index (Phi) is 9.09. The number of piperazine rings is 1. The monoisotopic (exact) mass is 609 g/mol. The molecule has 0 aliphatic carbocycles. The highest BCUT2D eigenvalue weighted by atomic mass is 79.9. The Hall–Kier alpha value is -1.94. The summed E-state index contributed by atoms with van der Waals surface area (Å²) in [7, 11) is -3.97. The molecule has 36 heavy (non-hydrogen) atoms. The van der Waals surface area contributed by atoms with E-state index in [1.807, 2.05) is 18.2 Å². The zero-order valence-corrected chi connectivity index (χ0v) is 23.4. The summed E-state index contributed by atoms with van der Waals surface area (Å²) in [5.74, 6) is -0.236. The maximum Gasteiger partial charge on any atom is 0.243 e. The first-order chi connectivity index (χ1) is 17.2. The second kappa shape index (κ2) is 12.1. The second-order valence-corrected chi connectivity index (χ2v) is 12.3. The van der Waals surface area contributed by atoms with E-state index in [2.05, 4.69) is 33.0 Å². The molecule has 0 saturated carbocycles. The topological polar surface area (TPSA) is 60.9 Å². The predicted octanol–water partition coefficient (Wildman–Crippen LogP) is 5.29. The Bertz CT molecular complexity index is 1300. The number of amides is 1. The molecule has 1 saturated heterocycles. The summed E-state index contributed by atoms with van der Waals surface area (Å²) >= 11 is 15.7. The van der Waals surface area contributed by atoms with Crippen molar-refractivity contribution in [2.75, 3.05) is 32.7 Å². The average molecular weight is 611 g/mol. The molecule has 0 aromatic heterocycles. The van der Waals surface area contributed by atoms with Crippen LogP contribution in [0, 0.1) is 0 Å². The summed E-state index contributed by atoms with van der Waals surface area (Å²) in [6.45, 7) is 3.03. The lowest BCUT2D eigenvalue weighted by molar-refractivity contribution is -0.133. The van der Waals surface area contributed by atoms with Gasteiger partial charge in [0.1, 0.15) is 0 Å². The third-order valence-corrected chi connectivity index (χ3v) is 9.02. The maximum atomic E-state index is 13.6. The molecule has 0 atom stereocenters. The van der Waals surface area contributed by atoms with E-state index in [9.17, 15) is 13.2 Å². The number of carbonyl (C=O) groups is 1. The minimum absolute atomic E-state index is 0.0475. The van der Waals surface area contributed by atoms with Crippen LogP contribution in [0.3, 0.4) is 0 Å². The van der Waals surface area contributed by atoms with Crippen LogP contribution in [0.25, 0.3) is 0 Å². The summed E-state index contributed by atoms with van der Waals surface area (Å²) in [4.78, 5) is 17.4. The smallest absolute Gasteiger partial charge is 0.243 e. The summed E-state index contributed by atoms with van der Waals surface area (Å²) in [5, 5.41) is 0.802. The van der Waals surface area contributed by atoms with Crippen LogP contribution in [0.4, 0.5) is 0 Å². The van der Waals surface area contributed by atoms with Gasteiger partial charge in [0.25, 0.3) is 0 Å². The summed E-state index contributed by atoms with van der Waals surface area (Å²) in [5.41, 5.74) is 1.80. The highest BCUT2D eigenvalue weighted by Gasteiger charge is 2.30. The van der Waals surface area contributed by atoms with E-state index in [1.165, 1.54) is 22.0 Å². The fourth-order valence-corrected chi connectivity index (χ4v) is 6.17. The third kappa shape index (κ3) is 6.88. The van der Waals surface area contributed by atoms with Crippen molar-refractivity contribution in [1.29, 1.82) is 0 Å². The van der Waals surface area contributed by atoms with E-state index < -0.39 is 10.0 Å². The van der Waals surface area contributed by atoms with Crippen molar-refractivity contribution < 1.29 is 13.2 Å². The Morgan fingerprint density at radius 1 is 0.917 bits per heavy atom. The van der Waals surface area contributed by atoms with Crippen molar-refractivity contribution in [1.82, 2.24) is 14.1 Å². The third-order valence-electron chi connectivity index (χ3n) is 6.10. The zero-order valence-electron chi connectivity index (χ0n) is 19.5. The first kappa shape index (κ1) is 27.1. The van der Waals surface area contributed by atoms with E-state index in [4.69, 9.17) is 23.2 Å². The standard InChI is InChI=1S/C26H26BrCl2N3O3S/c27-22-7-10-24(11-8-22)36(34,35)32(18-21-6-9-23(28)16-25(21)29)19-26(33)31-14-12-30(13-15-31)17-20-4-2-1-3-5-20/h1-11,16H,12-15,17-19H2. The molecule has 4 rings (SSSR count). The van der Waals surface area contributed by atoms with Gasteiger partial charge >= 0.3 is 0 Å². The quantitative estimate of drug-likeness (QED) is 0.348. The number of hydrogen-bond acceptors (Lipinski definition) is 4. The number of benzene rings is 3. The molecule has 1 fully saturated rings. The maximum absolute atomic E-state index is 13.6. The second-order valence-electron chi connectivity index (χ2n) is 8.61. The first-order valence-electron chi connectivity index (χ1n) is 11.5. The fraction of sp³-hybridized carbons (Fsp3) is 0.269. The molecule has 0 N–H and O–H groups in total. The van der Waals surface area contributed by atoms with Gasteiger partial charge in [-0.3, -0.25) is 9.69 Å². The molecule has 0 radical (unpaired) electrons. The highest BCUT2D eigenvalue weighted by Crippen LogP contribution is 2.26. The van der Waals surface area contributed by atoms with Crippen molar-refractivity contribution in [2.24, 2.45) is 0 Å². The van der Waals surface area contributed by atoms with Gasteiger partial charge in [-0.1, -0.05) is 75.5 Å². The van der Waals surface area contributed by atoms with E-state index in [0.717, 1.165) is 24.1 Å². The van der Waals surface area contributed by atoms with Gasteiger partial charge in [-0.2, -0.15) is 4.31 Å². The molecule has 3 aromatic rings. The Morgan fingerprint density at radius 3 is 2.22 bits per heavy atom. The van der Waals surface area contributed by atoms with Crippen molar-refractivity contribution in [3.63, 3.8) is 0 Å². The Balaban J connectivity index is 1.48. The van der Waals surface area contributed by atoms with Gasteiger partial charge in [-0.15, -0.1) is 0 Å². The highest BCUT2D eigenvalue weighted by molar-refractivity contribution is 9.10. The number of halogens is 3. The Morgan fingerprint density at radius 2 is 1.58 bits per heavy atom. The molecule has 1 heterocycles. The molecular weight excluding hydrogens is 585 g/mol. The number of rotatable bonds is 8. The van der Waals surface area contributed by atoms with Crippen molar-refractivity contribution >= 4 is 55.1 Å². The lowest BCUT2D eigenvalue weighted by Crippen LogP contribution is -2.51. The summed E-state index contributed by atoms with van der Waals surface area (Å²) in [6.07, 6.45) is 0. The molecule has 190 valence electrons. The van der Waals surface area contributed by atoms with Gasteiger partial charge in [0.05, 0.1) is 11.4 Å². The summed E-state index contributed by atoms with van der Waals surface area (Å²) in [6, 6.07) is 21.5. The van der Waals surface area contributed by atoms with Crippen LogP contribution in [0.1, 0.15) is 11.1 Å². The zero-order chi connectivity index (χ0) is 25.7. The van der Waals surface area contributed by atoms with Crippen LogP contribution < -0.4 is 0 Å². The molecule has 6 nitrogen and oxygen atoms in total. The van der Waals surface area contributed by atoms with E-state index in [1.54, 1.807) is 35.2 Å². The first-order valence-corrected chi connectivity index (χ1v) is 14.4. The van der Waals surface area contributed by atoms with Gasteiger partial charge in [-0.25, -0.2) is 8.42 Å². The summed E-state index contributed by atoms with van der Waals surface area (Å²) < 4.78 is 29.1. The molecule has 0 unspecified atom stereocenters. The van der Waals surface area contributed by atoms with Crippen LogP contribution in [0.5, 0.6) is 0 Å². The fourth-order valence-electron chi connectivity index (χ4n) is 4.07. The SMILES string of the molecule is O=C(CN(Cc1ccc(Cl)cc1Cl)S(=O)(=O)c1ccc(Br)cc1)N1CCN(Cc2ccccc2)CC1. The lowest BCUT2D eigenvalue weighted by atomic mass is 10.2. The van der Waals surface area contributed by atoms with Crippen molar-refractivity contribution in [3.8, 4) is 0 Å². The number of nitrogens with zero attached hydrogens (tertiary/aromatic N) is 3. The molecule has 0 bridgehead atoms. The molecular formula is C26H26BrCl2N3O3S. The van der Waals surface area contributed by atoms with Crippen molar-refractivity contribution in [2.45, 2.75) is 18.0 Å². The van der Waals surface area contributed by atoms with Gasteiger partial charge in [0.2, 0.25) is 15.9 Å². The predicted molar refractivity (Wildman–Crippen MR) is 146 cm³/mol. The van der Waals surface area contributed by atoms with Gasteiger partial charge in [0, 0.05) is 53.8 Å². The number of hydrogen-bond donors (Lipinski definition) is 0. The van der Waals surface area contributed by atoms with Crippen molar-refractivity contribution in [3.05, 3.63) is 98.4 Å². The normalized spacial score (nSPS) is 14.8. The van der Waals surface area contributed by atoms with E-state index in [0.29, 0.717) is 28.7 Å². The van der Waals surface area contributed by atoms with Crippen LogP contribution in [-0.4, -0.2) is 61.2 Å². The number of sulfonamides is 1. The minimum atomic E-state index is -3.97. The van der Waals surface area contributed by atoms with Gasteiger partial charge in [-0.05, 0) is 47.5 Å². The largest absolute Gasteiger partial charge is 0.339 e.